The van der Waals surface area contributed by atoms with Gasteiger partial charge in [0.1, 0.15) is 6.04 Å². The van der Waals surface area contributed by atoms with Gasteiger partial charge in [-0.25, -0.2) is 9.59 Å². The van der Waals surface area contributed by atoms with E-state index in [2.05, 4.69) is 21.0 Å². The van der Waals surface area contributed by atoms with Crippen LogP contribution in [-0.4, -0.2) is 41.5 Å². The number of hydrogen-bond donors (Lipinski definition) is 3. The second kappa shape index (κ2) is 12.1. The van der Waals surface area contributed by atoms with Gasteiger partial charge in [-0.3, -0.25) is 4.79 Å². The largest absolute Gasteiger partial charge is 0.493 e. The first-order valence-electron chi connectivity index (χ1n) is 11.1. The Morgan fingerprint density at radius 3 is 2.46 bits per heavy atom. The van der Waals surface area contributed by atoms with Gasteiger partial charge in [0.25, 0.3) is 0 Å². The van der Waals surface area contributed by atoms with Crippen LogP contribution in [0.15, 0.2) is 53.3 Å². The molecule has 3 rings (SSSR count). The lowest BCUT2D eigenvalue weighted by Crippen LogP contribution is -2.50. The topological polar surface area (TPSA) is 138 Å². The molecule has 1 heterocycles. The Kier molecular flexibility index (Phi) is 8.99. The lowest BCUT2D eigenvalue weighted by atomic mass is 10.1. The Balaban J connectivity index is 1.86. The molecule has 0 radical (unpaired) electrons. The molecule has 3 aromatic rings. The second-order valence-electron chi connectivity index (χ2n) is 7.88. The highest BCUT2D eigenvalue weighted by molar-refractivity contribution is 6.30. The minimum absolute atomic E-state index is 0.191. The van der Waals surface area contributed by atoms with Crippen molar-refractivity contribution in [1.29, 1.82) is 0 Å². The van der Waals surface area contributed by atoms with Gasteiger partial charge in [-0.15, -0.1) is 0 Å². The fourth-order valence-corrected chi connectivity index (χ4v) is 3.63. The van der Waals surface area contributed by atoms with Crippen LogP contribution in [0.5, 0.6) is 11.5 Å². The predicted octanol–water partition coefficient (Wildman–Crippen LogP) is 2.59. The van der Waals surface area contributed by atoms with E-state index in [0.717, 1.165) is 24.9 Å². The van der Waals surface area contributed by atoms with Gasteiger partial charge in [-0.05, 0) is 61.2 Å². The number of halogens is 1. The Labute approximate surface area is 207 Å². The molecule has 184 valence electrons. The minimum Gasteiger partial charge on any atom is -0.493 e. The molecule has 0 fully saturated rings. The van der Waals surface area contributed by atoms with Crippen LogP contribution < -0.4 is 26.2 Å². The monoisotopic (exact) mass is 499 g/mol. The molecule has 5 N–H and O–H groups in total. The zero-order chi connectivity index (χ0) is 25.4. The first-order valence-corrected chi connectivity index (χ1v) is 11.5. The smallest absolute Gasteiger partial charge is 0.345 e. The molecule has 0 saturated heterocycles. The summed E-state index contributed by atoms with van der Waals surface area (Å²) >= 11 is 5.96. The van der Waals surface area contributed by atoms with Crippen molar-refractivity contribution in [3.63, 3.8) is 0 Å². The molecular formula is C25H28ClN4O5+. The number of aromatic nitrogens is 2. The number of unbranched alkanes of at least 4 members (excludes halogenated alkanes) is 1. The summed E-state index contributed by atoms with van der Waals surface area (Å²) in [5, 5.41) is 3.22. The van der Waals surface area contributed by atoms with Gasteiger partial charge < -0.3 is 25.5 Å². The first-order chi connectivity index (χ1) is 16.8. The van der Waals surface area contributed by atoms with Crippen molar-refractivity contribution >= 4 is 23.5 Å². The Hall–Kier alpha value is -3.69. The first kappa shape index (κ1) is 25.9. The average molecular weight is 500 g/mol. The third-order valence-corrected chi connectivity index (χ3v) is 5.48. The van der Waals surface area contributed by atoms with Crippen molar-refractivity contribution in [2.45, 2.75) is 32.2 Å². The van der Waals surface area contributed by atoms with Crippen LogP contribution >= 0.6 is 11.6 Å². The zero-order valence-electron chi connectivity index (χ0n) is 19.6. The fraction of sp³-hybridized carbons (Fsp3) is 0.280. The van der Waals surface area contributed by atoms with Crippen LogP contribution in [0.4, 0.5) is 0 Å². The summed E-state index contributed by atoms with van der Waals surface area (Å²) in [5.41, 5.74) is 5.64. The molecule has 2 aromatic carbocycles. The number of carbonyl (C=O) groups is 2. The molecule has 1 amide bonds. The van der Waals surface area contributed by atoms with Crippen molar-refractivity contribution < 1.29 is 24.8 Å². The van der Waals surface area contributed by atoms with E-state index in [-0.39, 0.29) is 17.4 Å². The number of quaternary nitrogens is 1. The van der Waals surface area contributed by atoms with Gasteiger partial charge in [0.05, 0.1) is 25.0 Å². The molecule has 0 aliphatic rings. The third kappa shape index (κ3) is 7.14. The lowest BCUT2D eigenvalue weighted by molar-refractivity contribution is -0.368. The minimum atomic E-state index is -0.778. The number of benzene rings is 2. The van der Waals surface area contributed by atoms with Crippen LogP contribution in [0.25, 0.3) is 22.5 Å². The number of H-pyrrole nitrogens is 1. The summed E-state index contributed by atoms with van der Waals surface area (Å²) in [5.74, 6) is -0.433. The number of hydrogen-bond acceptors (Lipinski definition) is 6. The van der Waals surface area contributed by atoms with E-state index in [9.17, 15) is 14.4 Å². The van der Waals surface area contributed by atoms with Crippen molar-refractivity contribution in [1.82, 2.24) is 15.3 Å². The maximum atomic E-state index is 12.8. The number of ether oxygens (including phenoxy) is 2. The third-order valence-electron chi connectivity index (χ3n) is 5.22. The number of aromatic amines is 1. The highest BCUT2D eigenvalue weighted by Crippen LogP contribution is 2.33. The Morgan fingerprint density at radius 2 is 1.80 bits per heavy atom. The molecule has 0 bridgehead atoms. The summed E-state index contributed by atoms with van der Waals surface area (Å²) in [7, 11) is 1.44. The van der Waals surface area contributed by atoms with Crippen LogP contribution in [0.3, 0.4) is 0 Å². The summed E-state index contributed by atoms with van der Waals surface area (Å²) in [6.45, 7) is 2.09. The highest BCUT2D eigenvalue weighted by atomic mass is 35.5. The molecule has 1 aromatic heterocycles. The summed E-state index contributed by atoms with van der Waals surface area (Å²) in [6.07, 6.45) is 2.00. The van der Waals surface area contributed by atoms with Crippen molar-refractivity contribution in [2.75, 3.05) is 13.7 Å². The number of nitrogens with zero attached hydrogens (tertiary/aromatic N) is 1. The average Bonchev–Trinajstić information content (AvgIpc) is 2.83. The maximum Gasteiger partial charge on any atom is 0.345 e. The van der Waals surface area contributed by atoms with Crippen LogP contribution in [0.2, 0.25) is 5.02 Å². The maximum absolute atomic E-state index is 12.8. The van der Waals surface area contributed by atoms with Crippen LogP contribution in [0, 0.1) is 0 Å². The van der Waals surface area contributed by atoms with E-state index >= 15 is 0 Å². The fourth-order valence-electron chi connectivity index (χ4n) is 3.50. The number of esters is 1. The van der Waals surface area contributed by atoms with Gasteiger partial charge >= 0.3 is 11.7 Å². The standard InChI is InChI=1S/C25H27ClN4O5/c1-15(31)28-19(5-3-4-12-27)24(32)35-22-11-8-17(13-23(22)34-2)21-14-20(29-25(33)30-21)16-6-9-18(26)10-7-16/h6-11,13-14,19H,3-5,12,27H2,1-2H3,(H,28,31)(H,29,30,33)/p+1/t19-/m1/s1. The number of nitrogens with one attached hydrogen (secondary N) is 2. The van der Waals surface area contributed by atoms with E-state index in [1.807, 2.05) is 0 Å². The lowest BCUT2D eigenvalue weighted by Gasteiger charge is -2.17. The molecule has 10 heteroatoms. The molecule has 35 heavy (non-hydrogen) atoms. The van der Waals surface area contributed by atoms with Gasteiger partial charge in [-0.1, -0.05) is 23.7 Å². The summed E-state index contributed by atoms with van der Waals surface area (Å²) in [6, 6.07) is 12.9. The van der Waals surface area contributed by atoms with Gasteiger partial charge in [0.15, 0.2) is 11.5 Å². The number of methoxy groups -OCH3 is 1. The number of amides is 1. The van der Waals surface area contributed by atoms with E-state index in [1.54, 1.807) is 48.5 Å². The molecule has 0 spiro atoms. The molecule has 0 unspecified atom stereocenters. The normalized spacial score (nSPS) is 11.5. The quantitative estimate of drug-likeness (QED) is 0.223. The molecule has 9 nitrogen and oxygen atoms in total. The van der Waals surface area contributed by atoms with Crippen molar-refractivity contribution in [3.05, 3.63) is 64.0 Å². The van der Waals surface area contributed by atoms with Crippen molar-refractivity contribution in [2.24, 2.45) is 0 Å². The Morgan fingerprint density at radius 1 is 1.09 bits per heavy atom. The van der Waals surface area contributed by atoms with Gasteiger partial charge in [0.2, 0.25) is 5.91 Å². The molecule has 1 atom stereocenters. The molecule has 0 saturated carbocycles. The summed E-state index contributed by atoms with van der Waals surface area (Å²) in [4.78, 5) is 43.3. The Bertz CT molecular complexity index is 1240. The SMILES string of the molecule is COc1cc(-c2cc(-c3ccc(Cl)cc3)[nH]c(=O)n2)ccc1OC(=O)[C@@H](CCCC[NH3+])NC(C)=O. The second-order valence-corrected chi connectivity index (χ2v) is 8.32. The number of rotatable bonds is 10. The zero-order valence-corrected chi connectivity index (χ0v) is 20.4. The summed E-state index contributed by atoms with van der Waals surface area (Å²) < 4.78 is 11.0. The number of carbonyl (C=O) groups excluding carboxylic acids is 2. The van der Waals surface area contributed by atoms with Crippen molar-refractivity contribution in [3.8, 4) is 34.0 Å². The van der Waals surface area contributed by atoms with E-state index in [1.165, 1.54) is 14.0 Å². The van der Waals surface area contributed by atoms with Gasteiger partial charge in [-0.2, -0.15) is 4.98 Å². The molecule has 0 aliphatic heterocycles. The van der Waals surface area contributed by atoms with Crippen LogP contribution in [0.1, 0.15) is 26.2 Å². The van der Waals surface area contributed by atoms with E-state index < -0.39 is 17.7 Å². The van der Waals surface area contributed by atoms with Gasteiger partial charge in [0, 0.05) is 17.5 Å². The predicted molar refractivity (Wildman–Crippen MR) is 132 cm³/mol. The van der Waals surface area contributed by atoms with Crippen LogP contribution in [-0.2, 0) is 9.59 Å². The molecule has 0 aliphatic carbocycles. The molecular weight excluding hydrogens is 472 g/mol. The van der Waals surface area contributed by atoms with E-state index in [0.29, 0.717) is 28.4 Å². The highest BCUT2D eigenvalue weighted by Gasteiger charge is 2.23. The van der Waals surface area contributed by atoms with E-state index in [4.69, 9.17) is 21.1 Å².